The van der Waals surface area contributed by atoms with Crippen molar-refractivity contribution < 1.29 is 4.79 Å². The number of hydrogen-bond donors (Lipinski definition) is 3. The Morgan fingerprint density at radius 1 is 1.08 bits per heavy atom. The molecule has 0 aliphatic heterocycles. The van der Waals surface area contributed by atoms with Gasteiger partial charge in [0.2, 0.25) is 5.91 Å². The van der Waals surface area contributed by atoms with Crippen molar-refractivity contribution in [1.82, 2.24) is 24.9 Å². The fraction of sp³-hybridized carbons (Fsp3) is 0.192. The highest BCUT2D eigenvalue weighted by Gasteiger charge is 2.25. The molecule has 1 amide bonds. The first-order valence-corrected chi connectivity index (χ1v) is 12.5. The van der Waals surface area contributed by atoms with Crippen molar-refractivity contribution in [3.63, 3.8) is 0 Å². The summed E-state index contributed by atoms with van der Waals surface area (Å²) in [5.41, 5.74) is 13.4. The minimum Gasteiger partial charge on any atom is -0.339 e. The molecule has 9 nitrogen and oxygen atoms in total. The van der Waals surface area contributed by atoms with E-state index >= 15 is 0 Å². The van der Waals surface area contributed by atoms with Crippen LogP contribution >= 0.6 is 11.3 Å². The second-order valence-corrected chi connectivity index (χ2v) is 9.75. The molecule has 0 spiro atoms. The summed E-state index contributed by atoms with van der Waals surface area (Å²) in [5.74, 6) is 0.684. The SMILES string of the molecule is N=NC(c1cncc(-c2cncc(NC(=O)C3CCC3)c2)c1)c1nc2c(-c3cccs3)cncc2[nH]1. The molecule has 0 aromatic carbocycles. The van der Waals surface area contributed by atoms with Crippen LogP contribution in [0.2, 0.25) is 0 Å². The Kier molecular flexibility index (Phi) is 5.78. The lowest BCUT2D eigenvalue weighted by molar-refractivity contribution is -0.122. The molecule has 0 bridgehead atoms. The van der Waals surface area contributed by atoms with Crippen LogP contribution in [0.5, 0.6) is 0 Å². The number of pyridine rings is 3. The second-order valence-electron chi connectivity index (χ2n) is 8.80. The van der Waals surface area contributed by atoms with Gasteiger partial charge in [0.05, 0.1) is 23.6 Å². The van der Waals surface area contributed by atoms with Gasteiger partial charge >= 0.3 is 0 Å². The zero-order valence-corrected chi connectivity index (χ0v) is 20.0. The monoisotopic (exact) mass is 494 g/mol. The molecule has 6 rings (SSSR count). The van der Waals surface area contributed by atoms with E-state index in [0.717, 1.165) is 57.4 Å². The number of hydrogen-bond acceptors (Lipinski definition) is 8. The van der Waals surface area contributed by atoms with Crippen molar-refractivity contribution >= 4 is 34.0 Å². The quantitative estimate of drug-likeness (QED) is 0.239. The van der Waals surface area contributed by atoms with E-state index in [1.807, 2.05) is 29.6 Å². The van der Waals surface area contributed by atoms with Gasteiger partial charge in [-0.15, -0.1) is 11.3 Å². The lowest BCUT2D eigenvalue weighted by atomic mass is 9.85. The zero-order chi connectivity index (χ0) is 24.5. The van der Waals surface area contributed by atoms with Gasteiger partial charge in [0.1, 0.15) is 11.3 Å². The number of fused-ring (bicyclic) bond motifs is 1. The van der Waals surface area contributed by atoms with Crippen LogP contribution in [0.1, 0.15) is 36.7 Å². The Balaban J connectivity index is 1.31. The van der Waals surface area contributed by atoms with E-state index in [2.05, 4.69) is 30.4 Å². The van der Waals surface area contributed by atoms with Gasteiger partial charge in [-0.25, -0.2) is 10.5 Å². The van der Waals surface area contributed by atoms with E-state index in [0.29, 0.717) is 11.5 Å². The highest BCUT2D eigenvalue weighted by Crippen LogP contribution is 2.34. The first kappa shape index (κ1) is 22.2. The molecule has 1 aliphatic rings. The predicted octanol–water partition coefficient (Wildman–Crippen LogP) is 6.00. The van der Waals surface area contributed by atoms with Crippen molar-refractivity contribution in [2.75, 3.05) is 5.32 Å². The molecule has 1 fully saturated rings. The largest absolute Gasteiger partial charge is 0.339 e. The maximum Gasteiger partial charge on any atom is 0.227 e. The summed E-state index contributed by atoms with van der Waals surface area (Å²) in [6, 6.07) is 7.18. The number of aromatic amines is 1. The number of rotatable bonds is 7. The topological polar surface area (TPSA) is 133 Å². The summed E-state index contributed by atoms with van der Waals surface area (Å²) in [7, 11) is 0. The number of thiophene rings is 1. The van der Waals surface area contributed by atoms with Gasteiger partial charge in [0.25, 0.3) is 0 Å². The summed E-state index contributed by atoms with van der Waals surface area (Å²) < 4.78 is 0. The molecule has 0 saturated heterocycles. The molecule has 0 radical (unpaired) electrons. The Morgan fingerprint density at radius 3 is 2.64 bits per heavy atom. The number of nitrogens with zero attached hydrogens (tertiary/aromatic N) is 5. The third kappa shape index (κ3) is 4.16. The summed E-state index contributed by atoms with van der Waals surface area (Å²) in [6.07, 6.45) is 13.3. The number of imidazole rings is 1. The molecule has 5 aromatic rings. The van der Waals surface area contributed by atoms with Crippen molar-refractivity contribution in [3.8, 4) is 21.6 Å². The highest BCUT2D eigenvalue weighted by molar-refractivity contribution is 7.13. The molecule has 1 saturated carbocycles. The fourth-order valence-electron chi connectivity index (χ4n) is 4.33. The van der Waals surface area contributed by atoms with Crippen molar-refractivity contribution in [2.24, 2.45) is 11.0 Å². The Morgan fingerprint density at radius 2 is 1.89 bits per heavy atom. The highest BCUT2D eigenvalue weighted by atomic mass is 32.1. The summed E-state index contributed by atoms with van der Waals surface area (Å²) >= 11 is 1.62. The first-order chi connectivity index (χ1) is 17.7. The maximum atomic E-state index is 12.4. The van der Waals surface area contributed by atoms with Gasteiger partial charge in [-0.3, -0.25) is 19.7 Å². The molecule has 178 valence electrons. The average Bonchev–Trinajstić information content (AvgIpc) is 3.54. The molecule has 10 heteroatoms. The average molecular weight is 495 g/mol. The number of H-pyrrole nitrogens is 1. The zero-order valence-electron chi connectivity index (χ0n) is 19.2. The Hall–Kier alpha value is -4.31. The minimum absolute atomic E-state index is 0.0430. The molecule has 1 aliphatic carbocycles. The second kappa shape index (κ2) is 9.38. The minimum atomic E-state index is -0.657. The van der Waals surface area contributed by atoms with Gasteiger partial charge in [0, 0.05) is 57.8 Å². The predicted molar refractivity (Wildman–Crippen MR) is 138 cm³/mol. The Bertz CT molecular complexity index is 1560. The third-order valence-corrected chi connectivity index (χ3v) is 7.38. The van der Waals surface area contributed by atoms with E-state index in [1.54, 1.807) is 48.5 Å². The third-order valence-electron chi connectivity index (χ3n) is 6.48. The molecule has 3 N–H and O–H groups in total. The van der Waals surface area contributed by atoms with Crippen LogP contribution in [0.15, 0.2) is 71.9 Å². The van der Waals surface area contributed by atoms with Gasteiger partial charge in [-0.2, -0.15) is 5.11 Å². The van der Waals surface area contributed by atoms with E-state index in [4.69, 9.17) is 10.5 Å². The Labute approximate surface area is 210 Å². The summed E-state index contributed by atoms with van der Waals surface area (Å²) in [6.45, 7) is 0. The summed E-state index contributed by atoms with van der Waals surface area (Å²) in [4.78, 5) is 34.6. The number of aromatic nitrogens is 5. The molecule has 1 unspecified atom stereocenters. The first-order valence-electron chi connectivity index (χ1n) is 11.6. The number of carbonyl (C=O) groups is 1. The van der Waals surface area contributed by atoms with Crippen molar-refractivity contribution in [1.29, 1.82) is 5.53 Å². The maximum absolute atomic E-state index is 12.4. The van der Waals surface area contributed by atoms with Crippen molar-refractivity contribution in [3.05, 3.63) is 78.2 Å². The number of nitrogens with one attached hydrogen (secondary N) is 3. The van der Waals surface area contributed by atoms with Gasteiger partial charge in [-0.1, -0.05) is 12.5 Å². The van der Waals surface area contributed by atoms with Crippen LogP contribution < -0.4 is 5.32 Å². The van der Waals surface area contributed by atoms with E-state index in [9.17, 15) is 4.79 Å². The molecule has 36 heavy (non-hydrogen) atoms. The molecule has 5 heterocycles. The molecular formula is C26H22N8OS. The van der Waals surface area contributed by atoms with Crippen LogP contribution in [0.25, 0.3) is 32.6 Å². The smallest absolute Gasteiger partial charge is 0.227 e. The van der Waals surface area contributed by atoms with E-state index in [-0.39, 0.29) is 11.8 Å². The van der Waals surface area contributed by atoms with Crippen LogP contribution in [0.3, 0.4) is 0 Å². The number of amides is 1. The fourth-order valence-corrected chi connectivity index (χ4v) is 5.07. The van der Waals surface area contributed by atoms with Gasteiger partial charge < -0.3 is 10.3 Å². The van der Waals surface area contributed by atoms with Gasteiger partial charge in [0.15, 0.2) is 6.04 Å². The number of carbonyl (C=O) groups excluding carboxylic acids is 1. The van der Waals surface area contributed by atoms with Crippen LogP contribution in [-0.2, 0) is 4.79 Å². The lowest BCUT2D eigenvalue weighted by Crippen LogP contribution is -2.28. The number of anilines is 1. The standard InChI is InChI=1S/C26H22N8OS/c27-34-23(25-32-21-14-30-13-20(24(21)33-25)22-5-2-6-36-22)18-7-16(9-28-11-18)17-8-19(12-29-10-17)31-26(35)15-3-1-4-15/h2,5-15,23,27H,1,3-4H2,(H,31,35)(H,32,33). The van der Waals surface area contributed by atoms with Crippen LogP contribution in [-0.4, -0.2) is 30.8 Å². The van der Waals surface area contributed by atoms with Crippen LogP contribution in [0.4, 0.5) is 5.69 Å². The normalized spacial score (nSPS) is 14.3. The molecule has 5 aromatic heterocycles. The van der Waals surface area contributed by atoms with E-state index < -0.39 is 6.04 Å². The van der Waals surface area contributed by atoms with Crippen molar-refractivity contribution in [2.45, 2.75) is 25.3 Å². The lowest BCUT2D eigenvalue weighted by Gasteiger charge is -2.24. The molecule has 1 atom stereocenters. The van der Waals surface area contributed by atoms with E-state index in [1.165, 1.54) is 0 Å². The summed E-state index contributed by atoms with van der Waals surface area (Å²) in [5, 5.41) is 8.86. The molecular weight excluding hydrogens is 472 g/mol. The van der Waals surface area contributed by atoms with Crippen LogP contribution in [0, 0.1) is 11.4 Å². The van der Waals surface area contributed by atoms with Gasteiger partial charge in [-0.05, 0) is 36.4 Å².